The summed E-state index contributed by atoms with van der Waals surface area (Å²) in [7, 11) is 0. The average molecular weight is 234 g/mol. The standard InChI is InChI=1S/C9H18N2O5/c1-3-11(4-5-12)9(16)10-7(6(2)13)8(14)15/h6-7,12-13H,3-5H2,1-2H3,(H,10,16)(H,14,15). The van der Waals surface area contributed by atoms with Crippen molar-refractivity contribution in [2.24, 2.45) is 0 Å². The fraction of sp³-hybridized carbons (Fsp3) is 0.778. The highest BCUT2D eigenvalue weighted by molar-refractivity contribution is 5.83. The molecule has 7 heteroatoms. The topological polar surface area (TPSA) is 110 Å². The van der Waals surface area contributed by atoms with Crippen LogP contribution in [-0.2, 0) is 4.79 Å². The first-order valence-electron chi connectivity index (χ1n) is 5.01. The second-order valence-electron chi connectivity index (χ2n) is 3.31. The zero-order valence-corrected chi connectivity index (χ0v) is 9.38. The molecule has 0 aromatic heterocycles. The maximum Gasteiger partial charge on any atom is 0.328 e. The number of amides is 2. The van der Waals surface area contributed by atoms with Crippen molar-refractivity contribution in [3.8, 4) is 0 Å². The number of aliphatic carboxylic acids is 1. The molecule has 0 aliphatic rings. The summed E-state index contributed by atoms with van der Waals surface area (Å²) in [6, 6.07) is -1.97. The smallest absolute Gasteiger partial charge is 0.328 e. The average Bonchev–Trinajstić information content (AvgIpc) is 2.21. The third-order valence-electron chi connectivity index (χ3n) is 2.07. The molecular weight excluding hydrogens is 216 g/mol. The van der Waals surface area contributed by atoms with Gasteiger partial charge in [0.15, 0.2) is 6.04 Å². The van der Waals surface area contributed by atoms with E-state index in [1.807, 2.05) is 0 Å². The Labute approximate surface area is 93.7 Å². The predicted molar refractivity (Wildman–Crippen MR) is 56.0 cm³/mol. The van der Waals surface area contributed by atoms with Crippen LogP contribution in [0.4, 0.5) is 4.79 Å². The van der Waals surface area contributed by atoms with Crippen molar-refractivity contribution >= 4 is 12.0 Å². The molecule has 94 valence electrons. The van der Waals surface area contributed by atoms with Crippen LogP contribution in [0.25, 0.3) is 0 Å². The molecule has 0 aliphatic heterocycles. The quantitative estimate of drug-likeness (QED) is 0.463. The molecule has 0 saturated carbocycles. The van der Waals surface area contributed by atoms with Crippen molar-refractivity contribution in [3.05, 3.63) is 0 Å². The van der Waals surface area contributed by atoms with Gasteiger partial charge in [-0.3, -0.25) is 0 Å². The molecular formula is C9H18N2O5. The Hall–Kier alpha value is -1.34. The zero-order valence-electron chi connectivity index (χ0n) is 9.38. The predicted octanol–water partition coefficient (Wildman–Crippen LogP) is -1.16. The minimum Gasteiger partial charge on any atom is -0.480 e. The largest absolute Gasteiger partial charge is 0.480 e. The van der Waals surface area contributed by atoms with Crippen LogP contribution in [-0.4, -0.2) is 64.1 Å². The Balaban J connectivity index is 4.43. The number of carboxylic acid groups (broad SMARTS) is 1. The monoisotopic (exact) mass is 234 g/mol. The number of carbonyl (C=O) groups is 2. The Morgan fingerprint density at radius 2 is 2.00 bits per heavy atom. The van der Waals surface area contributed by atoms with Crippen molar-refractivity contribution in [1.82, 2.24) is 10.2 Å². The molecule has 2 atom stereocenters. The number of likely N-dealkylation sites (N-methyl/N-ethyl adjacent to an activating group) is 1. The number of rotatable bonds is 6. The molecule has 16 heavy (non-hydrogen) atoms. The van der Waals surface area contributed by atoms with E-state index in [0.717, 1.165) is 0 Å². The molecule has 0 saturated heterocycles. The lowest BCUT2D eigenvalue weighted by molar-refractivity contribution is -0.141. The number of aliphatic hydroxyl groups is 2. The molecule has 0 aliphatic carbocycles. The lowest BCUT2D eigenvalue weighted by Gasteiger charge is -2.24. The van der Waals surface area contributed by atoms with Gasteiger partial charge in [-0.2, -0.15) is 0 Å². The molecule has 0 heterocycles. The van der Waals surface area contributed by atoms with E-state index in [4.69, 9.17) is 15.3 Å². The number of hydrogen-bond donors (Lipinski definition) is 4. The first kappa shape index (κ1) is 14.7. The third-order valence-corrected chi connectivity index (χ3v) is 2.07. The molecule has 0 spiro atoms. The SMILES string of the molecule is CCN(CCO)C(=O)NC(C(=O)O)C(C)O. The fourth-order valence-electron chi connectivity index (χ4n) is 1.14. The molecule has 7 nitrogen and oxygen atoms in total. The fourth-order valence-corrected chi connectivity index (χ4v) is 1.14. The lowest BCUT2D eigenvalue weighted by atomic mass is 10.2. The molecule has 2 unspecified atom stereocenters. The Morgan fingerprint density at radius 3 is 2.31 bits per heavy atom. The summed E-state index contributed by atoms with van der Waals surface area (Å²) in [5.41, 5.74) is 0. The van der Waals surface area contributed by atoms with Gasteiger partial charge < -0.3 is 25.5 Å². The summed E-state index contributed by atoms with van der Waals surface area (Å²) in [6.45, 7) is 3.25. The van der Waals surface area contributed by atoms with Gasteiger partial charge in [0.1, 0.15) is 0 Å². The first-order chi connectivity index (χ1) is 7.43. The van der Waals surface area contributed by atoms with Gasteiger partial charge in [0, 0.05) is 13.1 Å². The summed E-state index contributed by atoms with van der Waals surface area (Å²) in [6.07, 6.45) is -1.19. The second kappa shape index (κ2) is 7.02. The number of nitrogens with one attached hydrogen (secondary N) is 1. The van der Waals surface area contributed by atoms with Crippen LogP contribution in [0.15, 0.2) is 0 Å². The molecule has 0 aromatic carbocycles. The minimum atomic E-state index is -1.35. The molecule has 2 amide bonds. The van der Waals surface area contributed by atoms with Gasteiger partial charge in [-0.15, -0.1) is 0 Å². The molecule has 0 rings (SSSR count). The summed E-state index contributed by atoms with van der Waals surface area (Å²) in [5.74, 6) is -1.30. The van der Waals surface area contributed by atoms with E-state index in [2.05, 4.69) is 5.32 Å². The summed E-state index contributed by atoms with van der Waals surface area (Å²) in [4.78, 5) is 23.5. The first-order valence-corrected chi connectivity index (χ1v) is 5.01. The maximum absolute atomic E-state index is 11.5. The highest BCUT2D eigenvalue weighted by atomic mass is 16.4. The number of urea groups is 1. The van der Waals surface area contributed by atoms with Crippen LogP contribution in [0.1, 0.15) is 13.8 Å². The minimum absolute atomic E-state index is 0.120. The van der Waals surface area contributed by atoms with Crippen LogP contribution in [0.2, 0.25) is 0 Å². The third kappa shape index (κ3) is 4.45. The molecule has 0 bridgehead atoms. The van der Waals surface area contributed by atoms with E-state index in [9.17, 15) is 9.59 Å². The Kier molecular flexibility index (Phi) is 6.43. The molecule has 0 radical (unpaired) electrons. The summed E-state index contributed by atoms with van der Waals surface area (Å²) >= 11 is 0. The van der Waals surface area contributed by atoms with Gasteiger partial charge in [0.25, 0.3) is 0 Å². The highest BCUT2D eigenvalue weighted by Crippen LogP contribution is 1.96. The van der Waals surface area contributed by atoms with Crippen LogP contribution in [0, 0.1) is 0 Å². The highest BCUT2D eigenvalue weighted by Gasteiger charge is 2.26. The van der Waals surface area contributed by atoms with Gasteiger partial charge in [0.2, 0.25) is 0 Å². The zero-order chi connectivity index (χ0) is 12.7. The molecule has 0 fully saturated rings. The Bertz CT molecular complexity index is 244. The van der Waals surface area contributed by atoms with Crippen molar-refractivity contribution in [2.45, 2.75) is 26.0 Å². The molecule has 0 aromatic rings. The second-order valence-corrected chi connectivity index (χ2v) is 3.31. The van der Waals surface area contributed by atoms with E-state index < -0.39 is 24.1 Å². The van der Waals surface area contributed by atoms with Gasteiger partial charge >= 0.3 is 12.0 Å². The van der Waals surface area contributed by atoms with Crippen LogP contribution >= 0.6 is 0 Å². The normalized spacial score (nSPS) is 14.0. The van der Waals surface area contributed by atoms with Crippen molar-refractivity contribution in [1.29, 1.82) is 0 Å². The van der Waals surface area contributed by atoms with Gasteiger partial charge in [-0.1, -0.05) is 0 Å². The summed E-state index contributed by atoms with van der Waals surface area (Å²) in [5, 5.41) is 28.7. The lowest BCUT2D eigenvalue weighted by Crippen LogP contribution is -2.52. The number of hydrogen-bond acceptors (Lipinski definition) is 4. The summed E-state index contributed by atoms with van der Waals surface area (Å²) < 4.78 is 0. The van der Waals surface area contributed by atoms with E-state index in [1.165, 1.54) is 11.8 Å². The van der Waals surface area contributed by atoms with E-state index in [0.29, 0.717) is 6.54 Å². The number of aliphatic hydroxyl groups excluding tert-OH is 2. The van der Waals surface area contributed by atoms with Crippen LogP contribution in [0.3, 0.4) is 0 Å². The van der Waals surface area contributed by atoms with E-state index >= 15 is 0 Å². The molecule has 4 N–H and O–H groups in total. The number of carboxylic acids is 1. The van der Waals surface area contributed by atoms with Crippen molar-refractivity contribution in [3.63, 3.8) is 0 Å². The number of nitrogens with zero attached hydrogens (tertiary/aromatic N) is 1. The van der Waals surface area contributed by atoms with Gasteiger partial charge in [-0.25, -0.2) is 9.59 Å². The van der Waals surface area contributed by atoms with E-state index in [1.54, 1.807) is 6.92 Å². The Morgan fingerprint density at radius 1 is 1.44 bits per heavy atom. The van der Waals surface area contributed by atoms with Gasteiger partial charge in [0.05, 0.1) is 12.7 Å². The van der Waals surface area contributed by atoms with Crippen molar-refractivity contribution < 1.29 is 24.9 Å². The maximum atomic E-state index is 11.5. The van der Waals surface area contributed by atoms with Crippen LogP contribution < -0.4 is 5.32 Å². The van der Waals surface area contributed by atoms with Crippen molar-refractivity contribution in [2.75, 3.05) is 19.7 Å². The van der Waals surface area contributed by atoms with Crippen LogP contribution in [0.5, 0.6) is 0 Å². The van der Waals surface area contributed by atoms with Gasteiger partial charge in [-0.05, 0) is 13.8 Å². The van der Waals surface area contributed by atoms with E-state index in [-0.39, 0.29) is 13.2 Å². The number of carbonyl (C=O) groups excluding carboxylic acids is 1.